The second kappa shape index (κ2) is 6.90. The summed E-state index contributed by atoms with van der Waals surface area (Å²) in [5.41, 5.74) is 1.32. The third kappa shape index (κ3) is 3.12. The van der Waals surface area contributed by atoms with Crippen LogP contribution in [0.3, 0.4) is 0 Å². The first-order valence-corrected chi connectivity index (χ1v) is 8.45. The number of hydrogen-bond acceptors (Lipinski definition) is 4. The molecule has 0 bridgehead atoms. The number of carbonyl (C=O) groups excluding carboxylic acids is 1. The lowest BCUT2D eigenvalue weighted by Gasteiger charge is -2.10. The van der Waals surface area contributed by atoms with Crippen LogP contribution in [-0.2, 0) is 0 Å². The number of pyridine rings is 1. The maximum atomic E-state index is 12.6. The van der Waals surface area contributed by atoms with E-state index in [1.54, 1.807) is 30.3 Å². The van der Waals surface area contributed by atoms with Crippen LogP contribution < -0.4 is 5.32 Å². The van der Waals surface area contributed by atoms with E-state index < -0.39 is 5.91 Å². The highest BCUT2D eigenvalue weighted by molar-refractivity contribution is 6.34. The van der Waals surface area contributed by atoms with Gasteiger partial charge in [0.2, 0.25) is 0 Å². The summed E-state index contributed by atoms with van der Waals surface area (Å²) < 4.78 is 1.43. The number of nitrogens with one attached hydrogen (secondary N) is 1. The van der Waals surface area contributed by atoms with Gasteiger partial charge in [-0.1, -0.05) is 41.9 Å². The van der Waals surface area contributed by atoms with Crippen LogP contribution in [0.4, 0.5) is 5.82 Å². The first-order valence-electron chi connectivity index (χ1n) is 8.07. The molecule has 0 atom stereocenters. The van der Waals surface area contributed by atoms with E-state index in [4.69, 9.17) is 11.6 Å². The first-order chi connectivity index (χ1) is 13.2. The number of nitriles is 1. The summed E-state index contributed by atoms with van der Waals surface area (Å²) in [6, 6.07) is 20.1. The molecule has 0 radical (unpaired) electrons. The Labute approximate surface area is 159 Å². The van der Waals surface area contributed by atoms with E-state index in [2.05, 4.69) is 15.4 Å². The highest BCUT2D eigenvalue weighted by Gasteiger charge is 2.18. The van der Waals surface area contributed by atoms with Gasteiger partial charge in [0.15, 0.2) is 11.6 Å². The molecule has 0 fully saturated rings. The van der Waals surface area contributed by atoms with E-state index in [0.717, 1.165) is 10.9 Å². The maximum absolute atomic E-state index is 12.6. The van der Waals surface area contributed by atoms with Gasteiger partial charge in [-0.05, 0) is 30.3 Å². The molecule has 6 nitrogen and oxygen atoms in total. The Balaban J connectivity index is 1.77. The number of nitrogens with zero attached hydrogens (tertiary/aromatic N) is 4. The van der Waals surface area contributed by atoms with Gasteiger partial charge in [0.05, 0.1) is 22.3 Å². The Kier molecular flexibility index (Phi) is 4.29. The van der Waals surface area contributed by atoms with Crippen molar-refractivity contribution in [2.75, 3.05) is 5.32 Å². The zero-order chi connectivity index (χ0) is 18.8. The number of amides is 1. The van der Waals surface area contributed by atoms with Gasteiger partial charge >= 0.3 is 0 Å². The molecule has 2 aromatic carbocycles. The molecule has 7 heteroatoms. The number of aromatic nitrogens is 3. The fourth-order valence-electron chi connectivity index (χ4n) is 2.72. The summed E-state index contributed by atoms with van der Waals surface area (Å²) in [6.07, 6.45) is 1.39. The molecule has 0 unspecified atom stereocenters. The highest BCUT2D eigenvalue weighted by Crippen LogP contribution is 2.23. The van der Waals surface area contributed by atoms with Gasteiger partial charge in [0, 0.05) is 5.39 Å². The van der Waals surface area contributed by atoms with Crippen molar-refractivity contribution in [3.05, 3.63) is 83.0 Å². The molecule has 27 heavy (non-hydrogen) atoms. The number of hydrogen-bond donors (Lipinski definition) is 1. The largest absolute Gasteiger partial charge is 0.305 e. The van der Waals surface area contributed by atoms with Crippen molar-refractivity contribution in [1.29, 1.82) is 5.26 Å². The molecule has 4 rings (SSSR count). The summed E-state index contributed by atoms with van der Waals surface area (Å²) in [4.78, 5) is 17.2. The van der Waals surface area contributed by atoms with Crippen LogP contribution in [0.25, 0.3) is 16.7 Å². The molecule has 130 valence electrons. The maximum Gasteiger partial charge on any atom is 0.258 e. The number of fused-ring (bicyclic) bond motifs is 1. The number of rotatable bonds is 3. The zero-order valence-electron chi connectivity index (χ0n) is 13.9. The number of benzene rings is 2. The quantitative estimate of drug-likeness (QED) is 0.583. The van der Waals surface area contributed by atoms with Gasteiger partial charge in [0.1, 0.15) is 11.6 Å². The predicted molar refractivity (Wildman–Crippen MR) is 103 cm³/mol. The van der Waals surface area contributed by atoms with Crippen LogP contribution in [0, 0.1) is 11.3 Å². The molecular weight excluding hydrogens is 362 g/mol. The number of carbonyl (C=O) groups is 1. The van der Waals surface area contributed by atoms with Crippen LogP contribution >= 0.6 is 11.6 Å². The van der Waals surface area contributed by atoms with Crippen molar-refractivity contribution in [1.82, 2.24) is 14.8 Å². The highest BCUT2D eigenvalue weighted by atomic mass is 35.5. The van der Waals surface area contributed by atoms with Crippen LogP contribution in [0.1, 0.15) is 15.9 Å². The predicted octanol–water partition coefficient (Wildman–Crippen LogP) is 4.20. The van der Waals surface area contributed by atoms with Crippen LogP contribution in [0.15, 0.2) is 66.9 Å². The van der Waals surface area contributed by atoms with E-state index in [1.165, 1.54) is 10.9 Å². The molecule has 2 heterocycles. The molecule has 0 saturated heterocycles. The Hall–Kier alpha value is -3.69. The molecule has 0 aliphatic rings. The van der Waals surface area contributed by atoms with Crippen LogP contribution in [-0.4, -0.2) is 20.7 Å². The number of halogens is 1. The second-order valence-corrected chi connectivity index (χ2v) is 6.13. The Morgan fingerprint density at radius 2 is 1.85 bits per heavy atom. The lowest BCUT2D eigenvalue weighted by atomic mass is 10.2. The van der Waals surface area contributed by atoms with Gasteiger partial charge < -0.3 is 5.32 Å². The SMILES string of the molecule is N#Cc1cnn(-c2ccc3ccccc3n2)c1NC(=O)c1ccccc1Cl. The first kappa shape index (κ1) is 16.8. The lowest BCUT2D eigenvalue weighted by Crippen LogP contribution is -2.16. The minimum absolute atomic E-state index is 0.227. The van der Waals surface area contributed by atoms with Crippen molar-refractivity contribution < 1.29 is 4.79 Å². The van der Waals surface area contributed by atoms with E-state index >= 15 is 0 Å². The molecule has 4 aromatic rings. The van der Waals surface area contributed by atoms with E-state index in [9.17, 15) is 10.1 Å². The summed E-state index contributed by atoms with van der Waals surface area (Å²) in [5, 5.41) is 17.6. The van der Waals surface area contributed by atoms with Gasteiger partial charge in [0.25, 0.3) is 5.91 Å². The molecular formula is C20H12ClN5O. The standard InChI is InChI=1S/C20H12ClN5O/c21-16-7-3-2-6-15(16)20(27)25-19-14(11-22)12-23-26(19)18-10-9-13-5-1-4-8-17(13)24-18/h1-10,12H,(H,25,27). The Morgan fingerprint density at radius 1 is 1.07 bits per heavy atom. The molecule has 1 amide bonds. The van der Waals surface area contributed by atoms with Crippen LogP contribution in [0.2, 0.25) is 5.02 Å². The summed E-state index contributed by atoms with van der Waals surface area (Å²) in [7, 11) is 0. The zero-order valence-corrected chi connectivity index (χ0v) is 14.7. The average molecular weight is 374 g/mol. The fourth-order valence-corrected chi connectivity index (χ4v) is 2.94. The van der Waals surface area contributed by atoms with Crippen LogP contribution in [0.5, 0.6) is 0 Å². The summed E-state index contributed by atoms with van der Waals surface area (Å²) in [6.45, 7) is 0. The summed E-state index contributed by atoms with van der Waals surface area (Å²) in [5.74, 6) is 0.300. The van der Waals surface area contributed by atoms with Crippen molar-refractivity contribution in [2.24, 2.45) is 0 Å². The minimum Gasteiger partial charge on any atom is -0.305 e. The van der Waals surface area contributed by atoms with Crippen molar-refractivity contribution in [3.63, 3.8) is 0 Å². The Morgan fingerprint density at radius 3 is 2.67 bits per heavy atom. The minimum atomic E-state index is -0.431. The smallest absolute Gasteiger partial charge is 0.258 e. The molecule has 0 aliphatic carbocycles. The van der Waals surface area contributed by atoms with Crippen molar-refractivity contribution >= 4 is 34.2 Å². The topological polar surface area (TPSA) is 83.6 Å². The third-order valence-corrected chi connectivity index (χ3v) is 4.37. The van der Waals surface area contributed by atoms with E-state index in [0.29, 0.717) is 16.4 Å². The fraction of sp³-hybridized carbons (Fsp3) is 0. The molecule has 0 saturated carbocycles. The summed E-state index contributed by atoms with van der Waals surface area (Å²) >= 11 is 6.09. The Bertz CT molecular complexity index is 1210. The van der Waals surface area contributed by atoms with E-state index in [1.807, 2.05) is 36.4 Å². The normalized spacial score (nSPS) is 10.5. The number of para-hydroxylation sites is 1. The molecule has 2 aromatic heterocycles. The van der Waals surface area contributed by atoms with Crippen molar-refractivity contribution in [2.45, 2.75) is 0 Å². The molecule has 0 aliphatic heterocycles. The van der Waals surface area contributed by atoms with Gasteiger partial charge in [-0.2, -0.15) is 15.0 Å². The molecule has 1 N–H and O–H groups in total. The third-order valence-electron chi connectivity index (χ3n) is 4.04. The van der Waals surface area contributed by atoms with Gasteiger partial charge in [-0.3, -0.25) is 4.79 Å². The molecule has 0 spiro atoms. The average Bonchev–Trinajstić information content (AvgIpc) is 3.10. The lowest BCUT2D eigenvalue weighted by molar-refractivity contribution is 0.102. The van der Waals surface area contributed by atoms with Crippen molar-refractivity contribution in [3.8, 4) is 11.9 Å². The monoisotopic (exact) mass is 373 g/mol. The number of anilines is 1. The van der Waals surface area contributed by atoms with Gasteiger partial charge in [-0.15, -0.1) is 0 Å². The van der Waals surface area contributed by atoms with Gasteiger partial charge in [-0.25, -0.2) is 4.98 Å². The van der Waals surface area contributed by atoms with E-state index in [-0.39, 0.29) is 11.4 Å². The second-order valence-electron chi connectivity index (χ2n) is 5.73.